The molecular weight excluding hydrogens is 385 g/mol. The SMILES string of the molecule is CN=C(NCc1ccon1)N1CCCC(CC(N)=O)C1.I. The Bertz CT molecular complexity index is 463. The Balaban J connectivity index is 0.00000220. The minimum absolute atomic E-state index is 0. The smallest absolute Gasteiger partial charge is 0.217 e. The molecule has 1 unspecified atom stereocenters. The van der Waals surface area contributed by atoms with Gasteiger partial charge in [-0.1, -0.05) is 5.16 Å². The van der Waals surface area contributed by atoms with Gasteiger partial charge >= 0.3 is 0 Å². The first kappa shape index (κ1) is 17.7. The van der Waals surface area contributed by atoms with Crippen LogP contribution in [-0.4, -0.2) is 42.1 Å². The first-order valence-electron chi connectivity index (χ1n) is 6.82. The van der Waals surface area contributed by atoms with E-state index in [9.17, 15) is 4.79 Å². The zero-order valence-electron chi connectivity index (χ0n) is 12.1. The fourth-order valence-electron chi connectivity index (χ4n) is 2.54. The van der Waals surface area contributed by atoms with Crippen LogP contribution in [0.15, 0.2) is 21.8 Å². The van der Waals surface area contributed by atoms with E-state index in [1.807, 2.05) is 6.07 Å². The molecule has 0 bridgehead atoms. The number of hydrogen-bond donors (Lipinski definition) is 2. The summed E-state index contributed by atoms with van der Waals surface area (Å²) in [5.41, 5.74) is 6.11. The molecule has 2 rings (SSSR count). The van der Waals surface area contributed by atoms with Crippen molar-refractivity contribution in [3.05, 3.63) is 18.0 Å². The van der Waals surface area contributed by atoms with Crippen LogP contribution in [0.4, 0.5) is 0 Å². The number of carbonyl (C=O) groups excluding carboxylic acids is 1. The van der Waals surface area contributed by atoms with Crippen molar-refractivity contribution in [1.29, 1.82) is 0 Å². The summed E-state index contributed by atoms with van der Waals surface area (Å²) in [5, 5.41) is 7.10. The Kier molecular flexibility index (Phi) is 7.48. The average Bonchev–Trinajstić information content (AvgIpc) is 2.92. The number of halogens is 1. The largest absolute Gasteiger partial charge is 0.370 e. The van der Waals surface area contributed by atoms with E-state index in [0.29, 0.717) is 18.9 Å². The van der Waals surface area contributed by atoms with Gasteiger partial charge in [0.2, 0.25) is 5.91 Å². The number of piperidine rings is 1. The summed E-state index contributed by atoms with van der Waals surface area (Å²) >= 11 is 0. The van der Waals surface area contributed by atoms with Gasteiger partial charge in [0.1, 0.15) is 12.0 Å². The third-order valence-corrected chi connectivity index (χ3v) is 3.44. The first-order valence-corrected chi connectivity index (χ1v) is 6.82. The maximum atomic E-state index is 11.0. The van der Waals surface area contributed by atoms with Gasteiger partial charge in [-0.15, -0.1) is 24.0 Å². The quantitative estimate of drug-likeness (QED) is 0.440. The van der Waals surface area contributed by atoms with Crippen LogP contribution < -0.4 is 11.1 Å². The van der Waals surface area contributed by atoms with Crippen LogP contribution >= 0.6 is 24.0 Å². The molecule has 1 aromatic rings. The lowest BCUT2D eigenvalue weighted by atomic mass is 9.95. The van der Waals surface area contributed by atoms with E-state index in [1.54, 1.807) is 13.3 Å². The summed E-state index contributed by atoms with van der Waals surface area (Å²) in [7, 11) is 1.75. The molecule has 0 radical (unpaired) electrons. The highest BCUT2D eigenvalue weighted by molar-refractivity contribution is 14.0. The maximum absolute atomic E-state index is 11.0. The first-order chi connectivity index (χ1) is 9.69. The van der Waals surface area contributed by atoms with E-state index in [4.69, 9.17) is 10.3 Å². The molecule has 2 heterocycles. The second kappa shape index (κ2) is 8.85. The Labute approximate surface area is 141 Å². The molecule has 8 heteroatoms. The molecule has 0 aliphatic carbocycles. The van der Waals surface area contributed by atoms with Gasteiger partial charge in [0.15, 0.2) is 5.96 Å². The van der Waals surface area contributed by atoms with Crippen molar-refractivity contribution in [3.63, 3.8) is 0 Å². The molecule has 1 amide bonds. The van der Waals surface area contributed by atoms with Crippen LogP contribution in [0.25, 0.3) is 0 Å². The minimum Gasteiger partial charge on any atom is -0.370 e. The van der Waals surface area contributed by atoms with Crippen LogP contribution in [-0.2, 0) is 11.3 Å². The Morgan fingerprint density at radius 1 is 1.67 bits per heavy atom. The number of amides is 1. The summed E-state index contributed by atoms with van der Waals surface area (Å²) < 4.78 is 4.79. The second-order valence-corrected chi connectivity index (χ2v) is 5.02. The lowest BCUT2D eigenvalue weighted by Crippen LogP contribution is -2.46. The van der Waals surface area contributed by atoms with Crippen molar-refractivity contribution in [1.82, 2.24) is 15.4 Å². The van der Waals surface area contributed by atoms with Crippen LogP contribution in [0.1, 0.15) is 25.0 Å². The molecule has 3 N–H and O–H groups in total. The number of carbonyl (C=O) groups is 1. The summed E-state index contributed by atoms with van der Waals surface area (Å²) in [6, 6.07) is 1.81. The fourth-order valence-corrected chi connectivity index (χ4v) is 2.54. The van der Waals surface area contributed by atoms with Crippen molar-refractivity contribution < 1.29 is 9.32 Å². The number of nitrogens with zero attached hydrogens (tertiary/aromatic N) is 3. The number of nitrogens with two attached hydrogens (primary N) is 1. The Hall–Kier alpha value is -1.32. The van der Waals surface area contributed by atoms with Gasteiger partial charge in [-0.2, -0.15) is 0 Å². The average molecular weight is 407 g/mol. The molecule has 0 aromatic carbocycles. The molecule has 1 fully saturated rings. The Morgan fingerprint density at radius 3 is 3.10 bits per heavy atom. The third kappa shape index (κ3) is 5.52. The van der Waals surface area contributed by atoms with Gasteiger partial charge < -0.3 is 20.5 Å². The topological polar surface area (TPSA) is 96.8 Å². The van der Waals surface area contributed by atoms with Crippen molar-refractivity contribution in [2.45, 2.75) is 25.8 Å². The second-order valence-electron chi connectivity index (χ2n) is 5.02. The van der Waals surface area contributed by atoms with Crippen molar-refractivity contribution in [2.24, 2.45) is 16.6 Å². The molecule has 0 spiro atoms. The predicted molar refractivity (Wildman–Crippen MR) is 90.2 cm³/mol. The number of hydrogen-bond acceptors (Lipinski definition) is 4. The van der Waals surface area contributed by atoms with Crippen LogP contribution in [0.3, 0.4) is 0 Å². The highest BCUT2D eigenvalue weighted by Gasteiger charge is 2.23. The minimum atomic E-state index is -0.234. The predicted octanol–water partition coefficient (Wildman–Crippen LogP) is 0.955. The van der Waals surface area contributed by atoms with Crippen molar-refractivity contribution in [3.8, 4) is 0 Å². The molecule has 1 aromatic heterocycles. The molecule has 118 valence electrons. The van der Waals surface area contributed by atoms with E-state index >= 15 is 0 Å². The van der Waals surface area contributed by atoms with E-state index in [0.717, 1.165) is 37.6 Å². The molecular formula is C13H22IN5O2. The van der Waals surface area contributed by atoms with Crippen LogP contribution in [0, 0.1) is 5.92 Å². The molecule has 1 aliphatic heterocycles. The molecule has 1 atom stereocenters. The lowest BCUT2D eigenvalue weighted by molar-refractivity contribution is -0.119. The zero-order chi connectivity index (χ0) is 14.4. The number of nitrogens with one attached hydrogen (secondary N) is 1. The number of aliphatic imine (C=N–C) groups is 1. The third-order valence-electron chi connectivity index (χ3n) is 3.44. The van der Waals surface area contributed by atoms with Crippen molar-refractivity contribution >= 4 is 35.8 Å². The van der Waals surface area contributed by atoms with Gasteiger partial charge in [0.05, 0.1) is 6.54 Å². The van der Waals surface area contributed by atoms with Gasteiger partial charge in [0.25, 0.3) is 0 Å². The summed E-state index contributed by atoms with van der Waals surface area (Å²) in [4.78, 5) is 17.5. The summed E-state index contributed by atoms with van der Waals surface area (Å²) in [6.45, 7) is 2.31. The van der Waals surface area contributed by atoms with E-state index in [-0.39, 0.29) is 29.9 Å². The Morgan fingerprint density at radius 2 is 2.48 bits per heavy atom. The van der Waals surface area contributed by atoms with Crippen LogP contribution in [0.5, 0.6) is 0 Å². The van der Waals surface area contributed by atoms with E-state index in [1.165, 1.54) is 0 Å². The monoisotopic (exact) mass is 407 g/mol. The normalized spacial score (nSPS) is 19.0. The number of primary amides is 1. The zero-order valence-corrected chi connectivity index (χ0v) is 14.4. The number of rotatable bonds is 4. The molecule has 7 nitrogen and oxygen atoms in total. The van der Waals surface area contributed by atoms with Gasteiger partial charge in [-0.25, -0.2) is 0 Å². The summed E-state index contributed by atoms with van der Waals surface area (Å²) in [5.74, 6) is 0.899. The summed E-state index contributed by atoms with van der Waals surface area (Å²) in [6.07, 6.45) is 4.07. The highest BCUT2D eigenvalue weighted by Crippen LogP contribution is 2.19. The molecule has 0 saturated carbocycles. The molecule has 21 heavy (non-hydrogen) atoms. The molecule has 1 aliphatic rings. The van der Waals surface area contributed by atoms with Crippen LogP contribution in [0.2, 0.25) is 0 Å². The highest BCUT2D eigenvalue weighted by atomic mass is 127. The molecule has 1 saturated heterocycles. The van der Waals surface area contributed by atoms with Gasteiger partial charge in [-0.3, -0.25) is 9.79 Å². The van der Waals surface area contributed by atoms with Crippen molar-refractivity contribution in [2.75, 3.05) is 20.1 Å². The number of aromatic nitrogens is 1. The number of guanidine groups is 1. The standard InChI is InChI=1S/C13H21N5O2.HI/c1-15-13(16-8-11-4-6-20-17-11)18-5-2-3-10(9-18)7-12(14)19;/h4,6,10H,2-3,5,7-9H2,1H3,(H2,14,19)(H,15,16);1H. The lowest BCUT2D eigenvalue weighted by Gasteiger charge is -2.34. The fraction of sp³-hybridized carbons (Fsp3) is 0.615. The van der Waals surface area contributed by atoms with E-state index < -0.39 is 0 Å². The maximum Gasteiger partial charge on any atom is 0.217 e. The van der Waals surface area contributed by atoms with Gasteiger partial charge in [-0.05, 0) is 18.8 Å². The van der Waals surface area contributed by atoms with Gasteiger partial charge in [0, 0.05) is 32.6 Å². The van der Waals surface area contributed by atoms with E-state index in [2.05, 4.69) is 20.4 Å². The number of likely N-dealkylation sites (tertiary alicyclic amines) is 1.